The number of benzene rings is 2. The van der Waals surface area contributed by atoms with E-state index in [0.29, 0.717) is 38.1 Å². The number of rotatable bonds is 8. The van der Waals surface area contributed by atoms with Crippen LogP contribution in [0.1, 0.15) is 28.8 Å². The summed E-state index contributed by atoms with van der Waals surface area (Å²) < 4.78 is 11.9. The SMILES string of the molecule is COc1ccc(-n2c(SCC(=O)NN=Cc3ccc(O)c(OC)c3)nc3sc4c(c3c2=O)CCCC4)cc1. The van der Waals surface area contributed by atoms with E-state index in [-0.39, 0.29) is 23.0 Å². The maximum absolute atomic E-state index is 13.8. The topological polar surface area (TPSA) is 115 Å². The second-order valence-corrected chi connectivity index (χ2v) is 10.7. The van der Waals surface area contributed by atoms with Crippen molar-refractivity contribution in [3.05, 3.63) is 68.8 Å². The van der Waals surface area contributed by atoms with Gasteiger partial charge in [0.15, 0.2) is 16.7 Å². The molecular weight excluding hydrogens is 524 g/mol. The van der Waals surface area contributed by atoms with Crippen LogP contribution in [0.15, 0.2) is 57.5 Å². The number of nitrogens with zero attached hydrogens (tertiary/aromatic N) is 3. The fourth-order valence-corrected chi connectivity index (χ4v) is 6.47. The highest BCUT2D eigenvalue weighted by molar-refractivity contribution is 7.99. The number of hydrogen-bond acceptors (Lipinski definition) is 9. The number of thiophene rings is 1. The highest BCUT2D eigenvalue weighted by atomic mass is 32.2. The van der Waals surface area contributed by atoms with E-state index in [0.717, 1.165) is 31.2 Å². The lowest BCUT2D eigenvalue weighted by atomic mass is 9.97. The Morgan fingerprint density at radius 2 is 1.97 bits per heavy atom. The molecule has 0 radical (unpaired) electrons. The molecule has 0 bridgehead atoms. The molecule has 38 heavy (non-hydrogen) atoms. The zero-order chi connectivity index (χ0) is 26.6. The first-order chi connectivity index (χ1) is 18.5. The molecule has 1 amide bonds. The van der Waals surface area contributed by atoms with Crippen molar-refractivity contribution in [3.63, 3.8) is 0 Å². The minimum Gasteiger partial charge on any atom is -0.504 e. The van der Waals surface area contributed by atoms with Gasteiger partial charge >= 0.3 is 0 Å². The van der Waals surface area contributed by atoms with Gasteiger partial charge in [0.05, 0.1) is 37.3 Å². The van der Waals surface area contributed by atoms with Gasteiger partial charge in [0.2, 0.25) is 0 Å². The zero-order valence-electron chi connectivity index (χ0n) is 20.9. The molecular formula is C27H26N4O5S2. The zero-order valence-corrected chi connectivity index (χ0v) is 22.5. The van der Waals surface area contributed by atoms with E-state index in [4.69, 9.17) is 14.5 Å². The molecule has 11 heteroatoms. The van der Waals surface area contributed by atoms with Crippen LogP contribution in [0.3, 0.4) is 0 Å². The second-order valence-electron chi connectivity index (χ2n) is 8.64. The number of hydrazone groups is 1. The van der Waals surface area contributed by atoms with Crippen LogP contribution in [-0.4, -0.2) is 46.8 Å². The molecule has 2 aromatic carbocycles. The summed E-state index contributed by atoms with van der Waals surface area (Å²) in [7, 11) is 3.05. The Kier molecular flexibility index (Phi) is 7.66. The Labute approximate surface area is 227 Å². The van der Waals surface area contributed by atoms with Gasteiger partial charge in [-0.3, -0.25) is 14.2 Å². The Balaban J connectivity index is 1.40. The Morgan fingerprint density at radius 1 is 1.18 bits per heavy atom. The third-order valence-electron chi connectivity index (χ3n) is 6.23. The van der Waals surface area contributed by atoms with E-state index in [1.165, 1.54) is 36.0 Å². The summed E-state index contributed by atoms with van der Waals surface area (Å²) in [6.07, 6.45) is 5.49. The normalized spacial score (nSPS) is 13.0. The second kappa shape index (κ2) is 11.3. The minimum absolute atomic E-state index is 0.00935. The molecule has 9 nitrogen and oxygen atoms in total. The molecule has 2 N–H and O–H groups in total. The van der Waals surface area contributed by atoms with Gasteiger partial charge in [0, 0.05) is 4.88 Å². The number of aromatic hydroxyl groups is 1. The van der Waals surface area contributed by atoms with Crippen LogP contribution in [0.5, 0.6) is 17.2 Å². The quantitative estimate of drug-likeness (QED) is 0.146. The lowest BCUT2D eigenvalue weighted by Gasteiger charge is -2.14. The Hall–Kier alpha value is -3.83. The molecule has 0 fully saturated rings. The van der Waals surface area contributed by atoms with Crippen molar-refractivity contribution in [2.75, 3.05) is 20.0 Å². The number of methoxy groups -OCH3 is 2. The van der Waals surface area contributed by atoms with Gasteiger partial charge in [-0.15, -0.1) is 11.3 Å². The maximum Gasteiger partial charge on any atom is 0.267 e. The number of hydrogen-bond donors (Lipinski definition) is 2. The fraction of sp³-hybridized carbons (Fsp3) is 0.259. The molecule has 0 saturated heterocycles. The molecule has 0 unspecified atom stereocenters. The summed E-state index contributed by atoms with van der Waals surface area (Å²) in [5.41, 5.74) is 4.79. The lowest BCUT2D eigenvalue weighted by molar-refractivity contribution is -0.118. The molecule has 0 aliphatic heterocycles. The average molecular weight is 551 g/mol. The van der Waals surface area contributed by atoms with Gasteiger partial charge < -0.3 is 14.6 Å². The molecule has 0 atom stereocenters. The number of phenolic OH excluding ortho intramolecular Hbond substituents is 1. The van der Waals surface area contributed by atoms with E-state index >= 15 is 0 Å². The van der Waals surface area contributed by atoms with Crippen molar-refractivity contribution in [1.29, 1.82) is 0 Å². The number of thioether (sulfide) groups is 1. The number of carbonyl (C=O) groups is 1. The van der Waals surface area contributed by atoms with Crippen molar-refractivity contribution in [3.8, 4) is 22.9 Å². The first kappa shape index (κ1) is 25.8. The van der Waals surface area contributed by atoms with Crippen molar-refractivity contribution in [2.24, 2.45) is 5.10 Å². The number of aryl methyl sites for hydroxylation is 2. The van der Waals surface area contributed by atoms with E-state index in [2.05, 4.69) is 10.5 Å². The number of nitrogens with one attached hydrogen (secondary N) is 1. The minimum atomic E-state index is -0.349. The fourth-order valence-electron chi connectivity index (χ4n) is 4.36. The summed E-state index contributed by atoms with van der Waals surface area (Å²) in [4.78, 5) is 33.2. The molecule has 1 aliphatic carbocycles. The predicted molar refractivity (Wildman–Crippen MR) is 150 cm³/mol. The van der Waals surface area contributed by atoms with Crippen LogP contribution in [0.25, 0.3) is 15.9 Å². The number of aromatic nitrogens is 2. The lowest BCUT2D eigenvalue weighted by Crippen LogP contribution is -2.24. The summed E-state index contributed by atoms with van der Waals surface area (Å²) >= 11 is 2.76. The maximum atomic E-state index is 13.8. The predicted octanol–water partition coefficient (Wildman–Crippen LogP) is 4.29. The third kappa shape index (κ3) is 5.25. The van der Waals surface area contributed by atoms with Crippen LogP contribution >= 0.6 is 23.1 Å². The number of ether oxygens (including phenoxy) is 2. The number of fused-ring (bicyclic) bond motifs is 3. The van der Waals surface area contributed by atoms with Gasteiger partial charge in [-0.1, -0.05) is 11.8 Å². The largest absolute Gasteiger partial charge is 0.504 e. The third-order valence-corrected chi connectivity index (χ3v) is 8.35. The van der Waals surface area contributed by atoms with Crippen LogP contribution in [0, 0.1) is 0 Å². The first-order valence-corrected chi connectivity index (χ1v) is 13.8. The smallest absolute Gasteiger partial charge is 0.267 e. The highest BCUT2D eigenvalue weighted by Gasteiger charge is 2.23. The number of amides is 1. The van der Waals surface area contributed by atoms with E-state index in [1.54, 1.807) is 47.3 Å². The van der Waals surface area contributed by atoms with Crippen molar-refractivity contribution >= 4 is 45.4 Å². The summed E-state index contributed by atoms with van der Waals surface area (Å²) in [5.74, 6) is 0.669. The van der Waals surface area contributed by atoms with Gasteiger partial charge in [-0.2, -0.15) is 5.10 Å². The van der Waals surface area contributed by atoms with Crippen molar-refractivity contribution < 1.29 is 19.4 Å². The van der Waals surface area contributed by atoms with Gasteiger partial charge in [-0.05, 0) is 79.3 Å². The molecule has 1 aliphatic rings. The van der Waals surface area contributed by atoms with Crippen LogP contribution < -0.4 is 20.5 Å². The molecule has 0 spiro atoms. The molecule has 5 rings (SSSR count). The summed E-state index contributed by atoms with van der Waals surface area (Å²) in [5, 5.41) is 14.8. The first-order valence-electron chi connectivity index (χ1n) is 12.0. The Morgan fingerprint density at radius 3 is 2.74 bits per heavy atom. The molecule has 2 aromatic heterocycles. The number of phenols is 1. The van der Waals surface area contributed by atoms with E-state index in [1.807, 2.05) is 12.1 Å². The monoisotopic (exact) mass is 550 g/mol. The van der Waals surface area contributed by atoms with E-state index < -0.39 is 0 Å². The molecule has 4 aromatic rings. The van der Waals surface area contributed by atoms with E-state index in [9.17, 15) is 14.7 Å². The van der Waals surface area contributed by atoms with Crippen LogP contribution in [0.2, 0.25) is 0 Å². The number of carbonyl (C=O) groups excluding carboxylic acids is 1. The summed E-state index contributed by atoms with van der Waals surface area (Å²) in [6, 6.07) is 12.0. The van der Waals surface area contributed by atoms with Crippen LogP contribution in [-0.2, 0) is 17.6 Å². The molecule has 196 valence electrons. The van der Waals surface area contributed by atoms with Crippen LogP contribution in [0.4, 0.5) is 0 Å². The average Bonchev–Trinajstić information content (AvgIpc) is 3.31. The van der Waals surface area contributed by atoms with Crippen molar-refractivity contribution in [2.45, 2.75) is 30.8 Å². The van der Waals surface area contributed by atoms with Gasteiger partial charge in [0.25, 0.3) is 11.5 Å². The standard InChI is InChI=1S/C27H26N4O5S2/c1-35-18-10-8-17(9-11-18)31-26(34)24-19-5-3-4-6-22(19)38-25(24)29-27(31)37-15-23(33)30-28-14-16-7-12-20(32)21(13-16)36-2/h7-14,32H,3-6,15H2,1-2H3,(H,30,33). The van der Waals surface area contributed by atoms with Gasteiger partial charge in [0.1, 0.15) is 10.6 Å². The highest BCUT2D eigenvalue weighted by Crippen LogP contribution is 2.35. The van der Waals surface area contributed by atoms with Crippen molar-refractivity contribution in [1.82, 2.24) is 15.0 Å². The Bertz CT molecular complexity index is 1580. The molecule has 0 saturated carbocycles. The molecule has 2 heterocycles. The summed E-state index contributed by atoms with van der Waals surface area (Å²) in [6.45, 7) is 0. The van der Waals surface area contributed by atoms with Gasteiger partial charge in [-0.25, -0.2) is 10.4 Å².